The van der Waals surface area contributed by atoms with Gasteiger partial charge in [-0.05, 0) is 50.1 Å². The molecule has 0 spiro atoms. The molecule has 0 bridgehead atoms. The molecule has 0 heterocycles. The summed E-state index contributed by atoms with van der Waals surface area (Å²) in [5.41, 5.74) is 1.99. The first kappa shape index (κ1) is 19.4. The van der Waals surface area contributed by atoms with Crippen molar-refractivity contribution in [2.75, 3.05) is 11.9 Å². The third kappa shape index (κ3) is 5.02. The molecule has 138 valence electrons. The zero-order valence-corrected chi connectivity index (χ0v) is 14.6. The lowest BCUT2D eigenvalue weighted by Gasteiger charge is -2.15. The number of carbonyl (C=O) groups is 2. The Labute approximate surface area is 149 Å². The summed E-state index contributed by atoms with van der Waals surface area (Å²) in [6.45, 7) is 4.80. The van der Waals surface area contributed by atoms with Gasteiger partial charge in [-0.3, -0.25) is 4.79 Å². The van der Waals surface area contributed by atoms with Gasteiger partial charge in [0.1, 0.15) is 5.75 Å². The van der Waals surface area contributed by atoms with Crippen LogP contribution in [0.1, 0.15) is 18.1 Å². The van der Waals surface area contributed by atoms with Crippen molar-refractivity contribution in [1.29, 1.82) is 0 Å². The molecule has 1 N–H and O–H groups in total. The minimum absolute atomic E-state index is 0.0587. The number of hydrogen-bond donors (Lipinski definition) is 1. The minimum Gasteiger partial charge on any atom is -0.482 e. The molecule has 0 aliphatic carbocycles. The highest BCUT2D eigenvalue weighted by Gasteiger charge is 2.19. The fourth-order valence-electron chi connectivity index (χ4n) is 2.12. The lowest BCUT2D eigenvalue weighted by Crippen LogP contribution is -2.31. The Balaban J connectivity index is 1.86. The van der Waals surface area contributed by atoms with Crippen molar-refractivity contribution in [3.05, 3.63) is 59.2 Å². The smallest absolute Gasteiger partial charge is 0.344 e. The van der Waals surface area contributed by atoms with Crippen molar-refractivity contribution in [2.45, 2.75) is 26.9 Å². The van der Waals surface area contributed by atoms with Crippen LogP contribution in [0.3, 0.4) is 0 Å². The predicted octanol–water partition coefficient (Wildman–Crippen LogP) is 3.53. The van der Waals surface area contributed by atoms with Gasteiger partial charge in [-0.15, -0.1) is 0 Å². The highest BCUT2D eigenvalue weighted by atomic mass is 19.2. The number of esters is 1. The van der Waals surface area contributed by atoms with Crippen LogP contribution in [0.4, 0.5) is 14.5 Å². The number of halogens is 2. The summed E-state index contributed by atoms with van der Waals surface area (Å²) in [7, 11) is 0. The van der Waals surface area contributed by atoms with Crippen molar-refractivity contribution < 1.29 is 27.8 Å². The second-order valence-corrected chi connectivity index (χ2v) is 5.74. The second kappa shape index (κ2) is 8.42. The van der Waals surface area contributed by atoms with Crippen LogP contribution in [0.2, 0.25) is 0 Å². The van der Waals surface area contributed by atoms with Gasteiger partial charge in [0.15, 0.2) is 24.3 Å². The van der Waals surface area contributed by atoms with Gasteiger partial charge in [-0.1, -0.05) is 12.1 Å². The molecule has 26 heavy (non-hydrogen) atoms. The van der Waals surface area contributed by atoms with E-state index < -0.39 is 29.6 Å². The molecular formula is C19H19F2NO4. The van der Waals surface area contributed by atoms with E-state index in [9.17, 15) is 18.4 Å². The van der Waals surface area contributed by atoms with Crippen molar-refractivity contribution in [2.24, 2.45) is 0 Å². The zero-order valence-electron chi connectivity index (χ0n) is 14.6. The molecule has 7 heteroatoms. The molecule has 1 amide bonds. The maximum Gasteiger partial charge on any atom is 0.344 e. The second-order valence-electron chi connectivity index (χ2n) is 5.74. The van der Waals surface area contributed by atoms with Crippen molar-refractivity contribution >= 4 is 17.6 Å². The number of carbonyl (C=O) groups excluding carboxylic acids is 2. The van der Waals surface area contributed by atoms with E-state index in [1.54, 1.807) is 12.1 Å². The first-order chi connectivity index (χ1) is 12.3. The Morgan fingerprint density at radius 2 is 1.85 bits per heavy atom. The van der Waals surface area contributed by atoms with Gasteiger partial charge in [0, 0.05) is 11.8 Å². The van der Waals surface area contributed by atoms with Gasteiger partial charge in [0.05, 0.1) is 0 Å². The molecule has 0 saturated carbocycles. The third-order valence-electron chi connectivity index (χ3n) is 3.77. The van der Waals surface area contributed by atoms with E-state index >= 15 is 0 Å². The minimum atomic E-state index is -1.13. The SMILES string of the molecule is Cc1cccc(OCC(=O)O[C@H](C)C(=O)Nc2ccc(F)c(F)c2)c1C. The highest BCUT2D eigenvalue weighted by Crippen LogP contribution is 2.20. The molecule has 2 aromatic rings. The van der Waals surface area contributed by atoms with E-state index in [1.807, 2.05) is 19.9 Å². The number of aryl methyl sites for hydroxylation is 1. The summed E-state index contributed by atoms with van der Waals surface area (Å²) in [6, 6.07) is 8.39. The van der Waals surface area contributed by atoms with Gasteiger partial charge < -0.3 is 14.8 Å². The first-order valence-corrected chi connectivity index (χ1v) is 7.92. The Kier molecular flexibility index (Phi) is 6.27. The van der Waals surface area contributed by atoms with Crippen molar-refractivity contribution in [3.8, 4) is 5.75 Å². The molecule has 1 atom stereocenters. The lowest BCUT2D eigenvalue weighted by molar-refractivity contribution is -0.155. The topological polar surface area (TPSA) is 64.6 Å². The summed E-state index contributed by atoms with van der Waals surface area (Å²) in [4.78, 5) is 23.8. The molecule has 0 aliphatic heterocycles. The van der Waals surface area contributed by atoms with Crippen LogP contribution in [0, 0.1) is 25.5 Å². The van der Waals surface area contributed by atoms with Crippen molar-refractivity contribution in [1.82, 2.24) is 0 Å². The van der Waals surface area contributed by atoms with Crippen LogP contribution in [0.5, 0.6) is 5.75 Å². The Morgan fingerprint density at radius 3 is 2.54 bits per heavy atom. The summed E-state index contributed by atoms with van der Waals surface area (Å²) in [6.07, 6.45) is -1.13. The molecule has 5 nitrogen and oxygen atoms in total. The number of hydrogen-bond acceptors (Lipinski definition) is 4. The number of ether oxygens (including phenoxy) is 2. The normalized spacial score (nSPS) is 11.6. The Bertz CT molecular complexity index is 823. The van der Waals surface area contributed by atoms with Gasteiger partial charge in [-0.2, -0.15) is 0 Å². The van der Waals surface area contributed by atoms with E-state index in [2.05, 4.69) is 5.32 Å². The van der Waals surface area contributed by atoms with Gasteiger partial charge >= 0.3 is 5.97 Å². The largest absolute Gasteiger partial charge is 0.482 e. The fourth-order valence-corrected chi connectivity index (χ4v) is 2.12. The Hall–Kier alpha value is -2.96. The van der Waals surface area contributed by atoms with Crippen LogP contribution in [0.25, 0.3) is 0 Å². The van der Waals surface area contributed by atoms with Crippen LogP contribution in [-0.4, -0.2) is 24.6 Å². The molecule has 2 rings (SSSR count). The quantitative estimate of drug-likeness (QED) is 0.798. The third-order valence-corrected chi connectivity index (χ3v) is 3.77. The van der Waals surface area contributed by atoms with Crippen LogP contribution in [-0.2, 0) is 14.3 Å². The van der Waals surface area contributed by atoms with E-state index in [-0.39, 0.29) is 12.3 Å². The first-order valence-electron chi connectivity index (χ1n) is 7.92. The molecule has 0 unspecified atom stereocenters. The fraction of sp³-hybridized carbons (Fsp3) is 0.263. The highest BCUT2D eigenvalue weighted by molar-refractivity contribution is 5.95. The van der Waals surface area contributed by atoms with Crippen LogP contribution < -0.4 is 10.1 Å². The number of anilines is 1. The molecule has 0 fully saturated rings. The number of amides is 1. The standard InChI is InChI=1S/C19H19F2NO4/c1-11-5-4-6-17(12(11)2)25-10-18(23)26-13(3)19(24)22-14-7-8-15(20)16(21)9-14/h4-9,13H,10H2,1-3H3,(H,22,24)/t13-/m1/s1. The lowest BCUT2D eigenvalue weighted by atomic mass is 10.1. The number of benzene rings is 2. The molecule has 0 radical (unpaired) electrons. The van der Waals surface area contributed by atoms with E-state index in [0.29, 0.717) is 5.75 Å². The maximum absolute atomic E-state index is 13.1. The monoisotopic (exact) mass is 363 g/mol. The van der Waals surface area contributed by atoms with Gasteiger partial charge in [0.2, 0.25) is 0 Å². The van der Waals surface area contributed by atoms with Gasteiger partial charge in [0.25, 0.3) is 5.91 Å². The maximum atomic E-state index is 13.1. The van der Waals surface area contributed by atoms with Gasteiger partial charge in [-0.25, -0.2) is 13.6 Å². The molecular weight excluding hydrogens is 344 g/mol. The van der Waals surface area contributed by atoms with Crippen LogP contribution in [0.15, 0.2) is 36.4 Å². The molecule has 0 saturated heterocycles. The molecule has 2 aromatic carbocycles. The summed E-state index contributed by atoms with van der Waals surface area (Å²) >= 11 is 0. The average Bonchev–Trinajstić information content (AvgIpc) is 2.59. The molecule has 0 aromatic heterocycles. The van der Waals surface area contributed by atoms with Crippen LogP contribution >= 0.6 is 0 Å². The summed E-state index contributed by atoms with van der Waals surface area (Å²) < 4.78 is 36.4. The van der Waals surface area contributed by atoms with E-state index in [0.717, 1.165) is 23.3 Å². The molecule has 0 aliphatic rings. The zero-order chi connectivity index (χ0) is 19.3. The average molecular weight is 363 g/mol. The predicted molar refractivity (Wildman–Crippen MR) is 92.0 cm³/mol. The van der Waals surface area contributed by atoms with E-state index in [1.165, 1.54) is 13.0 Å². The number of rotatable bonds is 6. The summed E-state index contributed by atoms with van der Waals surface area (Å²) in [5.74, 6) is -2.95. The summed E-state index contributed by atoms with van der Waals surface area (Å²) in [5, 5.41) is 2.34. The van der Waals surface area contributed by atoms with Crippen molar-refractivity contribution in [3.63, 3.8) is 0 Å². The van der Waals surface area contributed by atoms with E-state index in [4.69, 9.17) is 9.47 Å². The Morgan fingerprint density at radius 1 is 1.12 bits per heavy atom. The number of nitrogens with one attached hydrogen (secondary N) is 1.